The van der Waals surface area contributed by atoms with Crippen molar-refractivity contribution in [2.75, 3.05) is 45.9 Å². The van der Waals surface area contributed by atoms with Crippen molar-refractivity contribution in [2.45, 2.75) is 96.1 Å². The van der Waals surface area contributed by atoms with Crippen LogP contribution < -0.4 is 5.32 Å². The largest absolute Gasteiger partial charge is 0.466 e. The summed E-state index contributed by atoms with van der Waals surface area (Å²) in [5, 5.41) is 2.06. The van der Waals surface area contributed by atoms with Gasteiger partial charge in [0.1, 0.15) is 11.6 Å². The summed E-state index contributed by atoms with van der Waals surface area (Å²) in [5.41, 5.74) is -0.658. The summed E-state index contributed by atoms with van der Waals surface area (Å²) in [7, 11) is -3.46. The van der Waals surface area contributed by atoms with E-state index in [1.807, 2.05) is 6.92 Å². The number of alkyl carbamates (subject to hydrolysis) is 1. The first kappa shape index (κ1) is 30.6. The van der Waals surface area contributed by atoms with E-state index in [-0.39, 0.29) is 17.8 Å². The number of rotatable bonds is 7. The van der Waals surface area contributed by atoms with Gasteiger partial charge in [0, 0.05) is 45.3 Å². The quantitative estimate of drug-likeness (QED) is 0.470. The number of piperazine rings is 1. The summed E-state index contributed by atoms with van der Waals surface area (Å²) >= 11 is 0. The van der Waals surface area contributed by atoms with Crippen molar-refractivity contribution in [3.63, 3.8) is 0 Å². The molecule has 12 heteroatoms. The smallest absolute Gasteiger partial charge is 0.408 e. The van der Waals surface area contributed by atoms with Crippen molar-refractivity contribution in [1.82, 2.24) is 19.4 Å². The molecule has 0 aromatic rings. The zero-order chi connectivity index (χ0) is 28.1. The Hall–Kier alpha value is -1.92. The second-order valence-electron chi connectivity index (χ2n) is 11.6. The third kappa shape index (κ3) is 8.05. The van der Waals surface area contributed by atoms with Crippen LogP contribution in [0.2, 0.25) is 0 Å². The van der Waals surface area contributed by atoms with Crippen LogP contribution in [0.25, 0.3) is 0 Å². The van der Waals surface area contributed by atoms with E-state index in [0.717, 1.165) is 25.7 Å². The number of hydrogen-bond acceptors (Lipinski definition) is 8. The van der Waals surface area contributed by atoms with Crippen LogP contribution in [0.1, 0.15) is 73.1 Å². The molecule has 1 atom stereocenters. The molecule has 1 N–H and O–H groups in total. The van der Waals surface area contributed by atoms with Crippen LogP contribution in [-0.4, -0.2) is 109 Å². The molecular formula is C26H46N4O7S. The van der Waals surface area contributed by atoms with Gasteiger partial charge < -0.3 is 19.7 Å². The van der Waals surface area contributed by atoms with E-state index in [2.05, 4.69) is 10.2 Å². The molecule has 1 saturated carbocycles. The first-order valence-electron chi connectivity index (χ1n) is 14.0. The molecule has 0 bridgehead atoms. The van der Waals surface area contributed by atoms with Crippen molar-refractivity contribution < 1.29 is 32.3 Å². The third-order valence-electron chi connectivity index (χ3n) is 7.74. The summed E-state index contributed by atoms with van der Waals surface area (Å²) in [6.45, 7) is 12.1. The fourth-order valence-electron chi connectivity index (χ4n) is 5.66. The van der Waals surface area contributed by atoms with Crippen molar-refractivity contribution in [3.05, 3.63) is 0 Å². The lowest BCUT2D eigenvalue weighted by Gasteiger charge is -2.42. The number of amides is 2. The minimum Gasteiger partial charge on any atom is -0.466 e. The number of ether oxygens (including phenoxy) is 2. The van der Waals surface area contributed by atoms with E-state index >= 15 is 0 Å². The predicted octanol–water partition coefficient (Wildman–Crippen LogP) is 1.96. The Kier molecular flexibility index (Phi) is 10.4. The van der Waals surface area contributed by atoms with Crippen LogP contribution in [0.15, 0.2) is 0 Å². The molecule has 0 spiro atoms. The fourth-order valence-corrected chi connectivity index (χ4v) is 7.57. The average Bonchev–Trinajstić information content (AvgIpc) is 2.87. The maximum Gasteiger partial charge on any atom is 0.408 e. The minimum absolute atomic E-state index is 0.0123. The molecule has 2 saturated heterocycles. The highest BCUT2D eigenvalue weighted by Gasteiger charge is 2.39. The maximum absolute atomic E-state index is 13.4. The van der Waals surface area contributed by atoms with Gasteiger partial charge in [0.15, 0.2) is 0 Å². The monoisotopic (exact) mass is 558 g/mol. The molecule has 0 aromatic heterocycles. The van der Waals surface area contributed by atoms with Gasteiger partial charge in [0.25, 0.3) is 0 Å². The van der Waals surface area contributed by atoms with Crippen LogP contribution in [0.3, 0.4) is 0 Å². The van der Waals surface area contributed by atoms with E-state index in [4.69, 9.17) is 9.47 Å². The first-order valence-corrected chi connectivity index (χ1v) is 15.5. The van der Waals surface area contributed by atoms with Crippen LogP contribution in [0, 0.1) is 5.92 Å². The molecule has 1 aliphatic carbocycles. The van der Waals surface area contributed by atoms with E-state index in [1.165, 1.54) is 0 Å². The van der Waals surface area contributed by atoms with Gasteiger partial charge in [-0.25, -0.2) is 13.2 Å². The van der Waals surface area contributed by atoms with E-state index < -0.39 is 33.0 Å². The Labute approximate surface area is 227 Å². The summed E-state index contributed by atoms with van der Waals surface area (Å²) in [6, 6.07) is -0.366. The highest BCUT2D eigenvalue weighted by Crippen LogP contribution is 2.30. The Morgan fingerprint density at radius 3 is 2.03 bits per heavy atom. The average molecular weight is 559 g/mol. The standard InChI is InChI=1S/C26H46N4O7S/c1-6-36-24(32)20-7-9-21(10-8-20)28-15-17-30(18-16-28)38(34,35)22-11-13-29(14-12-22)23(31)19(2)27-25(33)37-26(3,4)5/h19-22H,6-18H2,1-5H3,(H,27,33)/t19-,20?,21?/m0/s1. The van der Waals surface area contributed by atoms with Gasteiger partial charge in [0.05, 0.1) is 17.8 Å². The zero-order valence-electron chi connectivity index (χ0n) is 23.6. The first-order chi connectivity index (χ1) is 17.8. The number of sulfonamides is 1. The molecule has 38 heavy (non-hydrogen) atoms. The molecule has 3 rings (SSSR count). The molecule has 0 unspecified atom stereocenters. The molecule has 3 fully saturated rings. The number of esters is 1. The summed E-state index contributed by atoms with van der Waals surface area (Å²) < 4.78 is 38.7. The Morgan fingerprint density at radius 2 is 1.50 bits per heavy atom. The molecule has 3 aliphatic rings. The fraction of sp³-hybridized carbons (Fsp3) is 0.885. The van der Waals surface area contributed by atoms with E-state index in [1.54, 1.807) is 36.9 Å². The SMILES string of the molecule is CCOC(=O)C1CCC(N2CCN(S(=O)(=O)C3CCN(C(=O)[C@H](C)NC(=O)OC(C)(C)C)CC3)CC2)CC1. The van der Waals surface area contributed by atoms with Crippen LogP contribution in [-0.2, 0) is 29.1 Å². The van der Waals surface area contributed by atoms with Crippen LogP contribution in [0.4, 0.5) is 4.79 Å². The minimum atomic E-state index is -3.46. The number of nitrogens with one attached hydrogen (secondary N) is 1. The van der Waals surface area contributed by atoms with E-state index in [0.29, 0.717) is 64.8 Å². The van der Waals surface area contributed by atoms with Gasteiger partial charge in [-0.15, -0.1) is 0 Å². The van der Waals surface area contributed by atoms with Crippen molar-refractivity contribution in [1.29, 1.82) is 0 Å². The second kappa shape index (κ2) is 13.0. The number of piperidine rings is 1. The number of carbonyl (C=O) groups is 3. The van der Waals surface area contributed by atoms with Gasteiger partial charge >= 0.3 is 12.1 Å². The molecule has 0 radical (unpaired) electrons. The van der Waals surface area contributed by atoms with Crippen molar-refractivity contribution >= 4 is 28.0 Å². The van der Waals surface area contributed by atoms with Crippen LogP contribution >= 0.6 is 0 Å². The zero-order valence-corrected chi connectivity index (χ0v) is 24.4. The summed E-state index contributed by atoms with van der Waals surface area (Å²) in [6.07, 6.45) is 3.63. The molecule has 2 heterocycles. The molecule has 0 aromatic carbocycles. The van der Waals surface area contributed by atoms with Gasteiger partial charge in [0.2, 0.25) is 15.9 Å². The van der Waals surface area contributed by atoms with Gasteiger partial charge in [-0.3, -0.25) is 14.5 Å². The summed E-state index contributed by atoms with van der Waals surface area (Å²) in [4.78, 5) is 40.8. The highest BCUT2D eigenvalue weighted by atomic mass is 32.2. The normalized spacial score (nSPS) is 25.4. The number of hydrogen-bond donors (Lipinski definition) is 1. The van der Waals surface area contributed by atoms with Gasteiger partial charge in [-0.2, -0.15) is 4.31 Å². The lowest BCUT2D eigenvalue weighted by molar-refractivity contribution is -0.149. The summed E-state index contributed by atoms with van der Waals surface area (Å²) in [5.74, 6) is -0.344. The predicted molar refractivity (Wildman–Crippen MR) is 143 cm³/mol. The maximum atomic E-state index is 13.4. The topological polar surface area (TPSA) is 126 Å². The number of carbonyl (C=O) groups excluding carboxylic acids is 3. The lowest BCUT2D eigenvalue weighted by Crippen LogP contribution is -2.56. The van der Waals surface area contributed by atoms with Gasteiger partial charge in [-0.05, 0) is 73.1 Å². The number of likely N-dealkylation sites (tertiary alicyclic amines) is 1. The highest BCUT2D eigenvalue weighted by molar-refractivity contribution is 7.89. The van der Waals surface area contributed by atoms with Crippen molar-refractivity contribution in [2.24, 2.45) is 5.92 Å². The second-order valence-corrected chi connectivity index (χ2v) is 13.8. The van der Waals surface area contributed by atoms with Gasteiger partial charge in [-0.1, -0.05) is 0 Å². The van der Waals surface area contributed by atoms with Crippen molar-refractivity contribution in [3.8, 4) is 0 Å². The molecule has 11 nitrogen and oxygen atoms in total. The molecular weight excluding hydrogens is 512 g/mol. The third-order valence-corrected chi connectivity index (χ3v) is 10.1. The Morgan fingerprint density at radius 1 is 0.921 bits per heavy atom. The Balaban J connectivity index is 1.42. The van der Waals surface area contributed by atoms with Crippen LogP contribution in [0.5, 0.6) is 0 Å². The number of nitrogens with zero attached hydrogens (tertiary/aromatic N) is 3. The molecule has 218 valence electrons. The Bertz CT molecular complexity index is 928. The lowest BCUT2D eigenvalue weighted by atomic mass is 9.85. The van der Waals surface area contributed by atoms with E-state index in [9.17, 15) is 22.8 Å². The molecule has 2 amide bonds. The molecule has 2 aliphatic heterocycles.